The number of amides is 1. The van der Waals surface area contributed by atoms with Crippen LogP contribution in [0.25, 0.3) is 0 Å². The van der Waals surface area contributed by atoms with E-state index < -0.39 is 32.1 Å². The van der Waals surface area contributed by atoms with Crippen molar-refractivity contribution in [3.8, 4) is 0 Å². The van der Waals surface area contributed by atoms with E-state index in [1.807, 2.05) is 95.3 Å². The Morgan fingerprint density at radius 3 is 2.10 bits per heavy atom. The van der Waals surface area contributed by atoms with Crippen LogP contribution in [0.15, 0.2) is 60.7 Å². The molecule has 2 aromatic rings. The first-order valence-corrected chi connectivity index (χ1v) is 13.8. The van der Waals surface area contributed by atoms with Crippen molar-refractivity contribution in [1.29, 1.82) is 0 Å². The van der Waals surface area contributed by atoms with Crippen molar-refractivity contribution >= 4 is 20.6 Å². The van der Waals surface area contributed by atoms with Gasteiger partial charge in [-0.1, -0.05) is 48.5 Å². The summed E-state index contributed by atoms with van der Waals surface area (Å²) in [7, 11) is -1.64. The van der Waals surface area contributed by atoms with Crippen LogP contribution in [0.5, 0.6) is 0 Å². The molecule has 6 heteroatoms. The van der Waals surface area contributed by atoms with Gasteiger partial charge in [0.15, 0.2) is 14.6 Å². The van der Waals surface area contributed by atoms with Crippen LogP contribution in [-0.2, 0) is 18.7 Å². The lowest BCUT2D eigenvalue weighted by Crippen LogP contribution is -2.56. The summed E-state index contributed by atoms with van der Waals surface area (Å²) in [6.45, 7) is 14.6. The number of nitrogens with zero attached hydrogens (tertiary/aromatic N) is 1. The van der Waals surface area contributed by atoms with Crippen LogP contribution in [0.3, 0.4) is 0 Å². The van der Waals surface area contributed by atoms with Crippen molar-refractivity contribution in [2.75, 3.05) is 11.5 Å². The van der Waals surface area contributed by atoms with Gasteiger partial charge in [0.05, 0.1) is 0 Å². The third-order valence-electron chi connectivity index (χ3n) is 5.48. The molecule has 3 rings (SSSR count). The summed E-state index contributed by atoms with van der Waals surface area (Å²) < 4.78 is 18.9. The van der Waals surface area contributed by atoms with Crippen LogP contribution in [0.2, 0.25) is 13.1 Å². The molecule has 3 atom stereocenters. The van der Waals surface area contributed by atoms with Gasteiger partial charge in [0.2, 0.25) is 0 Å². The maximum absolute atomic E-state index is 14.2. The first-order chi connectivity index (χ1) is 14.6. The highest BCUT2D eigenvalue weighted by molar-refractivity contribution is 6.49. The molecule has 0 aliphatic carbocycles. The van der Waals surface area contributed by atoms with Crippen molar-refractivity contribution < 1.29 is 18.7 Å². The minimum absolute atomic E-state index is 0.185. The minimum Gasteiger partial charge on any atom is -0.384 e. The molecule has 168 valence electrons. The predicted octanol–water partition coefficient (Wildman–Crippen LogP) is 5.08. The Bertz CT molecular complexity index is 883. The zero-order valence-electron chi connectivity index (χ0n) is 19.7. The normalized spacial score (nSPS) is 24.1. The van der Waals surface area contributed by atoms with Crippen LogP contribution < -0.4 is 4.90 Å². The van der Waals surface area contributed by atoms with E-state index >= 15 is 0 Å². The highest BCUT2D eigenvalue weighted by atomic mass is 28.3. The molecule has 1 heterocycles. The lowest BCUT2D eigenvalue weighted by molar-refractivity contribution is -0.135. The maximum atomic E-state index is 14.2. The zero-order valence-corrected chi connectivity index (χ0v) is 20.9. The second-order valence-electron chi connectivity index (χ2n) is 9.39. The molecule has 2 aromatic carbocycles. The predicted molar refractivity (Wildman–Crippen MR) is 127 cm³/mol. The topological polar surface area (TPSA) is 51.3 Å². The summed E-state index contributed by atoms with van der Waals surface area (Å²) in [5.74, 6) is -1.57. The van der Waals surface area contributed by atoms with E-state index in [2.05, 4.69) is 13.1 Å². The third-order valence-corrected chi connectivity index (χ3v) is 6.28. The lowest BCUT2D eigenvalue weighted by Gasteiger charge is -2.38. The molecule has 1 aliphatic rings. The molecule has 31 heavy (non-hydrogen) atoms. The van der Waals surface area contributed by atoms with Gasteiger partial charge >= 0.3 is 0 Å². The molecular weight excluding hydrogens is 406 g/mol. The number of carbonyl (C=O) groups is 1. The van der Waals surface area contributed by atoms with Crippen LogP contribution in [0.4, 0.5) is 5.69 Å². The van der Waals surface area contributed by atoms with Gasteiger partial charge in [-0.25, -0.2) is 0 Å². The maximum Gasteiger partial charge on any atom is 0.290 e. The molecule has 0 radical (unpaired) electrons. The summed E-state index contributed by atoms with van der Waals surface area (Å²) in [6.07, 6.45) is -0.423. The lowest BCUT2D eigenvalue weighted by atomic mass is 9.90. The first-order valence-electron chi connectivity index (χ1n) is 11.0. The van der Waals surface area contributed by atoms with Crippen LogP contribution >= 0.6 is 0 Å². The average Bonchev–Trinajstić information content (AvgIpc) is 3.31. The number of ether oxygens (including phenoxy) is 2. The first kappa shape index (κ1) is 23.7. The summed E-state index contributed by atoms with van der Waals surface area (Å²) in [4.78, 5) is 16.0. The van der Waals surface area contributed by atoms with Crippen molar-refractivity contribution in [1.82, 2.24) is 0 Å². The molecule has 1 fully saturated rings. The Balaban J connectivity index is 2.08. The summed E-state index contributed by atoms with van der Waals surface area (Å²) in [6, 6.07) is 19.6. The smallest absolute Gasteiger partial charge is 0.290 e. The molecule has 0 aromatic heterocycles. The Morgan fingerprint density at radius 2 is 1.61 bits per heavy atom. The molecule has 0 N–H and O–H groups in total. The molecule has 0 bridgehead atoms. The molecule has 0 spiro atoms. The number of benzene rings is 2. The van der Waals surface area contributed by atoms with Gasteiger partial charge in [0.25, 0.3) is 11.7 Å². The molecule has 5 nitrogen and oxygen atoms in total. The fraction of sp³-hybridized carbons (Fsp3) is 0.480. The van der Waals surface area contributed by atoms with Gasteiger partial charge in [-0.3, -0.25) is 4.79 Å². The second kappa shape index (κ2) is 8.86. The van der Waals surface area contributed by atoms with E-state index in [0.717, 1.165) is 11.3 Å². The van der Waals surface area contributed by atoms with Gasteiger partial charge in [0.1, 0.15) is 6.10 Å². The number of para-hydroxylation sites is 1. The molecule has 1 aliphatic heterocycles. The molecule has 0 saturated carbocycles. The largest absolute Gasteiger partial charge is 0.384 e. The van der Waals surface area contributed by atoms with E-state index in [0.29, 0.717) is 6.61 Å². The van der Waals surface area contributed by atoms with Crippen LogP contribution in [0, 0.1) is 0 Å². The summed E-state index contributed by atoms with van der Waals surface area (Å²) in [5, 5.41) is 0. The Labute approximate surface area is 188 Å². The average molecular weight is 442 g/mol. The monoisotopic (exact) mass is 441 g/mol. The second-order valence-corrected chi connectivity index (χ2v) is 11.7. The number of anilines is 1. The van der Waals surface area contributed by atoms with Crippen molar-refractivity contribution in [3.63, 3.8) is 0 Å². The summed E-state index contributed by atoms with van der Waals surface area (Å²) in [5.41, 5.74) is 0.391. The molecule has 1 amide bonds. The van der Waals surface area contributed by atoms with E-state index in [1.165, 1.54) is 0 Å². The van der Waals surface area contributed by atoms with Gasteiger partial charge in [0, 0.05) is 17.8 Å². The number of carbonyl (C=O) groups excluding carboxylic acids is 1. The molecule has 1 saturated heterocycles. The van der Waals surface area contributed by atoms with Crippen molar-refractivity contribution in [3.05, 3.63) is 66.2 Å². The van der Waals surface area contributed by atoms with Gasteiger partial charge < -0.3 is 18.8 Å². The number of hydrogen-bond donors (Lipinski definition) is 0. The highest BCUT2D eigenvalue weighted by Gasteiger charge is 2.78. The number of rotatable bonds is 8. The quantitative estimate of drug-likeness (QED) is 0.423. The van der Waals surface area contributed by atoms with Gasteiger partial charge in [-0.2, -0.15) is 0 Å². The summed E-state index contributed by atoms with van der Waals surface area (Å²) >= 11 is 0. The molecule has 3 unspecified atom stereocenters. The third kappa shape index (κ3) is 4.48. The van der Waals surface area contributed by atoms with Crippen LogP contribution in [0.1, 0.15) is 46.3 Å². The number of hydrogen-bond acceptors (Lipinski definition) is 4. The van der Waals surface area contributed by atoms with Gasteiger partial charge in [-0.05, 0) is 65.4 Å². The van der Waals surface area contributed by atoms with Crippen molar-refractivity contribution in [2.24, 2.45) is 0 Å². The van der Waals surface area contributed by atoms with E-state index in [4.69, 9.17) is 13.9 Å². The minimum atomic E-state index is -1.64. The van der Waals surface area contributed by atoms with E-state index in [-0.39, 0.29) is 5.91 Å². The Hall–Kier alpha value is -1.99. The fourth-order valence-corrected chi connectivity index (χ4v) is 5.23. The Morgan fingerprint density at radius 1 is 1.06 bits per heavy atom. The molecular formula is C25H35NO4Si. The Kier molecular flexibility index (Phi) is 6.77. The van der Waals surface area contributed by atoms with Gasteiger partial charge in [-0.15, -0.1) is 0 Å². The van der Waals surface area contributed by atoms with Crippen LogP contribution in [-0.4, -0.2) is 38.5 Å². The zero-order chi connectivity index (χ0) is 22.9. The number of epoxide rings is 1. The standard InChI is InChI=1S/C25H35NO4Si/c1-8-28-21(19-15-11-9-12-16-19)24(5)25(29-24,30-31(6)7)22(27)26(23(2,3)4)20-17-13-10-14-18-20/h9-18,21,31H,8H2,1-7H3. The van der Waals surface area contributed by atoms with E-state index in [9.17, 15) is 4.79 Å². The highest BCUT2D eigenvalue weighted by Crippen LogP contribution is 2.59. The SMILES string of the molecule is CCOC(c1ccccc1)C1(C)OC1(O[SiH](C)C)C(=O)N(c1ccccc1)C(C)(C)C. The fourth-order valence-electron chi connectivity index (χ4n) is 4.18. The van der Waals surface area contributed by atoms with E-state index in [1.54, 1.807) is 4.90 Å². The van der Waals surface area contributed by atoms with Crippen molar-refractivity contribution in [2.45, 2.75) is 70.7 Å².